The summed E-state index contributed by atoms with van der Waals surface area (Å²) < 4.78 is 52.8. The van der Waals surface area contributed by atoms with Crippen molar-refractivity contribution in [1.82, 2.24) is 4.98 Å². The van der Waals surface area contributed by atoms with Gasteiger partial charge in [-0.3, -0.25) is 0 Å². The standard InChI is InChI=1S/C14H16F2N2O2S2/c1-4-9(2)11-8-21-14(17-11)18(3)22(19,20)12-7-5-6-10(15)13(12)16/h5-9H,4H2,1-3H3/t9-/m0/s1. The summed E-state index contributed by atoms with van der Waals surface area (Å²) >= 11 is 1.15. The molecule has 0 spiro atoms. The molecule has 1 aromatic carbocycles. The Morgan fingerprint density at radius 1 is 1.36 bits per heavy atom. The SMILES string of the molecule is CC[C@H](C)c1csc(N(C)S(=O)(=O)c2cccc(F)c2F)n1. The van der Waals surface area contributed by atoms with Crippen LogP contribution < -0.4 is 4.31 Å². The van der Waals surface area contributed by atoms with E-state index in [0.29, 0.717) is 0 Å². The smallest absolute Gasteiger partial charge is 0.244 e. The summed E-state index contributed by atoms with van der Waals surface area (Å²) in [6.45, 7) is 3.99. The summed E-state index contributed by atoms with van der Waals surface area (Å²) in [6, 6.07) is 3.07. The fourth-order valence-electron chi connectivity index (χ4n) is 1.79. The van der Waals surface area contributed by atoms with Crippen LogP contribution in [0.1, 0.15) is 31.9 Å². The van der Waals surface area contributed by atoms with E-state index in [-0.39, 0.29) is 11.0 Å². The van der Waals surface area contributed by atoms with E-state index in [2.05, 4.69) is 4.98 Å². The van der Waals surface area contributed by atoms with Crippen LogP contribution in [0.4, 0.5) is 13.9 Å². The molecule has 0 aliphatic heterocycles. The third-order valence-electron chi connectivity index (χ3n) is 3.45. The third kappa shape index (κ3) is 2.98. The molecule has 1 atom stereocenters. The van der Waals surface area contributed by atoms with E-state index >= 15 is 0 Å². The highest BCUT2D eigenvalue weighted by molar-refractivity contribution is 7.93. The second-order valence-electron chi connectivity index (χ2n) is 4.89. The zero-order valence-corrected chi connectivity index (χ0v) is 14.0. The Kier molecular flexibility index (Phi) is 4.81. The first-order chi connectivity index (χ1) is 10.3. The normalized spacial score (nSPS) is 13.1. The third-order valence-corrected chi connectivity index (χ3v) is 6.27. The average Bonchev–Trinajstić information content (AvgIpc) is 2.97. The summed E-state index contributed by atoms with van der Waals surface area (Å²) in [6.07, 6.45) is 0.873. The van der Waals surface area contributed by atoms with Crippen molar-refractivity contribution in [2.75, 3.05) is 11.4 Å². The molecule has 0 fully saturated rings. The van der Waals surface area contributed by atoms with E-state index in [1.54, 1.807) is 5.38 Å². The maximum Gasteiger partial charge on any atom is 0.268 e. The summed E-state index contributed by atoms with van der Waals surface area (Å²) in [5.74, 6) is -2.38. The Bertz CT molecular complexity index is 775. The van der Waals surface area contributed by atoms with Crippen LogP contribution in [0.5, 0.6) is 0 Å². The van der Waals surface area contributed by atoms with E-state index in [9.17, 15) is 17.2 Å². The minimum absolute atomic E-state index is 0.201. The average molecular weight is 346 g/mol. The summed E-state index contributed by atoms with van der Waals surface area (Å²) in [4.78, 5) is 3.58. The van der Waals surface area contributed by atoms with Crippen LogP contribution in [-0.2, 0) is 10.0 Å². The number of anilines is 1. The minimum Gasteiger partial charge on any atom is -0.244 e. The first kappa shape index (κ1) is 16.8. The van der Waals surface area contributed by atoms with Gasteiger partial charge in [-0.1, -0.05) is 19.9 Å². The molecule has 4 nitrogen and oxygen atoms in total. The second kappa shape index (κ2) is 6.29. The maximum atomic E-state index is 13.8. The lowest BCUT2D eigenvalue weighted by atomic mass is 10.1. The molecule has 1 heterocycles. The lowest BCUT2D eigenvalue weighted by molar-refractivity contribution is 0.484. The Balaban J connectivity index is 2.41. The molecule has 2 rings (SSSR count). The van der Waals surface area contributed by atoms with Crippen LogP contribution in [-0.4, -0.2) is 20.4 Å². The molecule has 0 N–H and O–H groups in total. The Labute approximate surface area is 132 Å². The van der Waals surface area contributed by atoms with Gasteiger partial charge in [0, 0.05) is 12.4 Å². The van der Waals surface area contributed by atoms with Crippen molar-refractivity contribution in [3.63, 3.8) is 0 Å². The van der Waals surface area contributed by atoms with E-state index in [4.69, 9.17) is 0 Å². The van der Waals surface area contributed by atoms with Crippen molar-refractivity contribution >= 4 is 26.5 Å². The highest BCUT2D eigenvalue weighted by Crippen LogP contribution is 2.30. The molecule has 120 valence electrons. The summed E-state index contributed by atoms with van der Waals surface area (Å²) in [5.41, 5.74) is 0.782. The molecule has 22 heavy (non-hydrogen) atoms. The van der Waals surface area contributed by atoms with Gasteiger partial charge in [-0.05, 0) is 24.5 Å². The second-order valence-corrected chi connectivity index (χ2v) is 7.66. The number of halogens is 2. The fourth-order valence-corrected chi connectivity index (χ4v) is 4.15. The van der Waals surface area contributed by atoms with Crippen molar-refractivity contribution in [3.8, 4) is 0 Å². The first-order valence-electron chi connectivity index (χ1n) is 6.67. The number of hydrogen-bond donors (Lipinski definition) is 0. The Morgan fingerprint density at radius 3 is 2.68 bits per heavy atom. The van der Waals surface area contributed by atoms with E-state index in [1.807, 2.05) is 13.8 Å². The molecule has 0 saturated heterocycles. The van der Waals surface area contributed by atoms with Crippen molar-refractivity contribution in [1.29, 1.82) is 0 Å². The van der Waals surface area contributed by atoms with Crippen molar-refractivity contribution in [2.24, 2.45) is 0 Å². The van der Waals surface area contributed by atoms with Gasteiger partial charge in [0.2, 0.25) is 0 Å². The van der Waals surface area contributed by atoms with Crippen molar-refractivity contribution in [2.45, 2.75) is 31.1 Å². The molecule has 0 aliphatic rings. The molecule has 0 unspecified atom stereocenters. The van der Waals surface area contributed by atoms with E-state index < -0.39 is 26.6 Å². The molecule has 0 saturated carbocycles. The molecule has 0 aliphatic carbocycles. The van der Waals surface area contributed by atoms with Crippen LogP contribution in [0.25, 0.3) is 0 Å². The number of benzene rings is 1. The van der Waals surface area contributed by atoms with Crippen LogP contribution in [0.2, 0.25) is 0 Å². The predicted molar refractivity (Wildman–Crippen MR) is 82.8 cm³/mol. The molecule has 0 radical (unpaired) electrons. The van der Waals surface area contributed by atoms with Gasteiger partial charge in [0.15, 0.2) is 16.8 Å². The highest BCUT2D eigenvalue weighted by atomic mass is 32.2. The van der Waals surface area contributed by atoms with Crippen molar-refractivity contribution in [3.05, 3.63) is 40.9 Å². The zero-order chi connectivity index (χ0) is 16.5. The zero-order valence-electron chi connectivity index (χ0n) is 12.4. The van der Waals surface area contributed by atoms with Gasteiger partial charge in [0.25, 0.3) is 10.0 Å². The van der Waals surface area contributed by atoms with E-state index in [0.717, 1.165) is 46.0 Å². The topological polar surface area (TPSA) is 50.3 Å². The number of sulfonamides is 1. The van der Waals surface area contributed by atoms with Gasteiger partial charge in [-0.25, -0.2) is 26.5 Å². The lowest BCUT2D eigenvalue weighted by Crippen LogP contribution is -2.27. The van der Waals surface area contributed by atoms with Crippen LogP contribution in [0, 0.1) is 11.6 Å². The number of hydrogen-bond acceptors (Lipinski definition) is 4. The predicted octanol–water partition coefficient (Wildman–Crippen LogP) is 3.76. The van der Waals surface area contributed by atoms with E-state index in [1.165, 1.54) is 7.05 Å². The Hall–Kier alpha value is -1.54. The minimum atomic E-state index is -4.20. The number of nitrogens with zero attached hydrogens (tertiary/aromatic N) is 2. The van der Waals surface area contributed by atoms with Gasteiger partial charge in [0.05, 0.1) is 5.69 Å². The number of rotatable bonds is 5. The molecule has 0 bridgehead atoms. The monoisotopic (exact) mass is 346 g/mol. The van der Waals surface area contributed by atoms with Gasteiger partial charge in [0.1, 0.15) is 4.90 Å². The fraction of sp³-hybridized carbons (Fsp3) is 0.357. The highest BCUT2D eigenvalue weighted by Gasteiger charge is 2.28. The van der Waals surface area contributed by atoms with Crippen LogP contribution >= 0.6 is 11.3 Å². The summed E-state index contributed by atoms with van der Waals surface area (Å²) in [5, 5.41) is 2.00. The van der Waals surface area contributed by atoms with Crippen molar-refractivity contribution < 1.29 is 17.2 Å². The molecular weight excluding hydrogens is 330 g/mol. The molecule has 8 heteroatoms. The van der Waals surface area contributed by atoms with Gasteiger partial charge in [-0.15, -0.1) is 11.3 Å². The van der Waals surface area contributed by atoms with Gasteiger partial charge >= 0.3 is 0 Å². The summed E-state index contributed by atoms with van der Waals surface area (Å²) in [7, 11) is -2.92. The maximum absolute atomic E-state index is 13.8. The molecule has 2 aromatic rings. The van der Waals surface area contributed by atoms with Crippen LogP contribution in [0.15, 0.2) is 28.5 Å². The van der Waals surface area contributed by atoms with Gasteiger partial charge in [-0.2, -0.15) is 0 Å². The first-order valence-corrected chi connectivity index (χ1v) is 8.99. The number of aromatic nitrogens is 1. The lowest BCUT2D eigenvalue weighted by Gasteiger charge is -2.17. The Morgan fingerprint density at radius 2 is 2.05 bits per heavy atom. The van der Waals surface area contributed by atoms with Crippen LogP contribution in [0.3, 0.4) is 0 Å². The molecular formula is C14H16F2N2O2S2. The largest absolute Gasteiger partial charge is 0.268 e. The molecule has 0 amide bonds. The molecule has 1 aromatic heterocycles. The van der Waals surface area contributed by atoms with Gasteiger partial charge < -0.3 is 0 Å². The quantitative estimate of drug-likeness (QED) is 0.828. The number of thiazole rings is 1.